The van der Waals surface area contributed by atoms with Gasteiger partial charge in [-0.15, -0.1) is 0 Å². The fourth-order valence-corrected chi connectivity index (χ4v) is 2.43. The molecule has 0 amide bonds. The van der Waals surface area contributed by atoms with Crippen LogP contribution in [0.4, 0.5) is 0 Å². The molecule has 0 spiro atoms. The predicted molar refractivity (Wildman–Crippen MR) is 51.2 cm³/mol. The number of carboxylic acid groups (broad SMARTS) is 1. The minimum Gasteiger partial charge on any atom is -0.481 e. The molecule has 2 rings (SSSR count). The summed E-state index contributed by atoms with van der Waals surface area (Å²) in [5.41, 5.74) is -0.704. The number of rotatable bonds is 2. The van der Waals surface area contributed by atoms with Crippen LogP contribution in [0.5, 0.6) is 0 Å². The topological polar surface area (TPSA) is 49.8 Å². The Hall–Kier alpha value is -0.610. The van der Waals surface area contributed by atoms with Gasteiger partial charge in [0.1, 0.15) is 5.41 Å². The molecule has 0 aromatic carbocycles. The van der Waals surface area contributed by atoms with Gasteiger partial charge in [0.25, 0.3) is 0 Å². The van der Waals surface area contributed by atoms with Crippen LogP contribution < -0.4 is 0 Å². The van der Waals surface area contributed by atoms with Crippen molar-refractivity contribution in [1.29, 1.82) is 0 Å². The minimum atomic E-state index is -0.730. The lowest BCUT2D eigenvalue weighted by molar-refractivity contribution is -0.150. The number of hydrogen-bond acceptors (Lipinski definition) is 3. The molecule has 0 aromatic heterocycles. The maximum Gasteiger partial charge on any atom is 0.313 e. The van der Waals surface area contributed by atoms with Crippen molar-refractivity contribution in [1.82, 2.24) is 4.90 Å². The van der Waals surface area contributed by atoms with Gasteiger partial charge in [-0.3, -0.25) is 9.69 Å². The number of likely N-dealkylation sites (tertiary alicyclic amines) is 1. The molecule has 1 N–H and O–H groups in total. The Kier molecular flexibility index (Phi) is 2.49. The number of ether oxygens (including phenoxy) is 1. The van der Waals surface area contributed by atoms with Gasteiger partial charge in [-0.1, -0.05) is 0 Å². The molecule has 2 unspecified atom stereocenters. The van der Waals surface area contributed by atoms with Crippen LogP contribution in [-0.4, -0.2) is 48.3 Å². The van der Waals surface area contributed by atoms with Gasteiger partial charge < -0.3 is 9.84 Å². The van der Waals surface area contributed by atoms with Crippen molar-refractivity contribution in [3.63, 3.8) is 0 Å². The van der Waals surface area contributed by atoms with Crippen molar-refractivity contribution < 1.29 is 14.6 Å². The normalized spacial score (nSPS) is 39.1. The van der Waals surface area contributed by atoms with E-state index >= 15 is 0 Å². The molecular weight excluding hydrogens is 182 g/mol. The van der Waals surface area contributed by atoms with Crippen molar-refractivity contribution in [3.05, 3.63) is 0 Å². The molecule has 2 fully saturated rings. The van der Waals surface area contributed by atoms with Crippen molar-refractivity contribution in [2.45, 2.75) is 25.8 Å². The summed E-state index contributed by atoms with van der Waals surface area (Å²) >= 11 is 0. The van der Waals surface area contributed by atoms with Gasteiger partial charge in [-0.05, 0) is 32.9 Å². The number of carbonyl (C=O) groups is 1. The van der Waals surface area contributed by atoms with Crippen LogP contribution in [-0.2, 0) is 9.53 Å². The second kappa shape index (κ2) is 3.51. The Bertz CT molecular complexity index is 238. The van der Waals surface area contributed by atoms with Crippen molar-refractivity contribution in [2.24, 2.45) is 5.41 Å². The molecule has 2 heterocycles. The van der Waals surface area contributed by atoms with Crippen LogP contribution in [0.15, 0.2) is 0 Å². The second-order valence-electron chi connectivity index (χ2n) is 4.50. The molecule has 0 aromatic rings. The molecule has 0 saturated carbocycles. The first-order chi connectivity index (χ1) is 6.64. The fraction of sp³-hybridized carbons (Fsp3) is 0.900. The molecule has 4 nitrogen and oxygen atoms in total. The Labute approximate surface area is 83.8 Å². The zero-order chi connectivity index (χ0) is 10.2. The van der Waals surface area contributed by atoms with Gasteiger partial charge >= 0.3 is 5.97 Å². The van der Waals surface area contributed by atoms with E-state index in [1.807, 2.05) is 0 Å². The largest absolute Gasteiger partial charge is 0.481 e. The molecule has 14 heavy (non-hydrogen) atoms. The lowest BCUT2D eigenvalue weighted by Gasteiger charge is -2.32. The Morgan fingerprint density at radius 2 is 2.14 bits per heavy atom. The van der Waals surface area contributed by atoms with Crippen molar-refractivity contribution >= 4 is 5.97 Å². The monoisotopic (exact) mass is 199 g/mol. The summed E-state index contributed by atoms with van der Waals surface area (Å²) < 4.78 is 5.32. The molecule has 80 valence electrons. The van der Waals surface area contributed by atoms with Crippen LogP contribution in [0.3, 0.4) is 0 Å². The Morgan fingerprint density at radius 1 is 1.50 bits per heavy atom. The minimum absolute atomic E-state index is 0.0718. The highest BCUT2D eigenvalue weighted by Crippen LogP contribution is 2.34. The Morgan fingerprint density at radius 3 is 2.71 bits per heavy atom. The summed E-state index contributed by atoms with van der Waals surface area (Å²) in [7, 11) is 0. The van der Waals surface area contributed by atoms with Gasteiger partial charge in [-0.25, -0.2) is 0 Å². The van der Waals surface area contributed by atoms with E-state index < -0.39 is 11.4 Å². The summed E-state index contributed by atoms with van der Waals surface area (Å²) in [5, 5.41) is 9.20. The summed E-state index contributed by atoms with van der Waals surface area (Å²) in [4.78, 5) is 13.4. The number of nitrogens with zero attached hydrogens (tertiary/aromatic N) is 1. The first-order valence-corrected chi connectivity index (χ1v) is 5.20. The van der Waals surface area contributed by atoms with E-state index in [1.165, 1.54) is 12.8 Å². The lowest BCUT2D eigenvalue weighted by Crippen LogP contribution is -2.48. The standard InChI is InChI=1S/C10H17NO3/c1-10(9(12)13)7-14-6-8(10)11-4-2-3-5-11/h8H,2-7H2,1H3,(H,12,13). The number of aliphatic carboxylic acids is 1. The smallest absolute Gasteiger partial charge is 0.313 e. The first-order valence-electron chi connectivity index (χ1n) is 5.20. The Balaban J connectivity index is 2.13. The quantitative estimate of drug-likeness (QED) is 0.706. The van der Waals surface area contributed by atoms with Crippen molar-refractivity contribution in [2.75, 3.05) is 26.3 Å². The van der Waals surface area contributed by atoms with Crippen LogP contribution in [0.1, 0.15) is 19.8 Å². The molecule has 2 aliphatic heterocycles. The van der Waals surface area contributed by atoms with E-state index in [9.17, 15) is 9.90 Å². The van der Waals surface area contributed by atoms with Crippen LogP contribution in [0.25, 0.3) is 0 Å². The van der Waals surface area contributed by atoms with Gasteiger partial charge in [0.2, 0.25) is 0 Å². The van der Waals surface area contributed by atoms with E-state index in [1.54, 1.807) is 6.92 Å². The zero-order valence-corrected chi connectivity index (χ0v) is 8.53. The summed E-state index contributed by atoms with van der Waals surface area (Å²) in [6, 6.07) is 0.0718. The van der Waals surface area contributed by atoms with Gasteiger partial charge in [0.15, 0.2) is 0 Å². The molecule has 2 saturated heterocycles. The van der Waals surface area contributed by atoms with E-state index in [0.29, 0.717) is 13.2 Å². The van der Waals surface area contributed by atoms with Crippen LogP contribution in [0.2, 0.25) is 0 Å². The van der Waals surface area contributed by atoms with Crippen LogP contribution in [0, 0.1) is 5.41 Å². The molecule has 0 bridgehead atoms. The number of hydrogen-bond donors (Lipinski definition) is 1. The van der Waals surface area contributed by atoms with E-state index in [2.05, 4.69) is 4.90 Å². The highest BCUT2D eigenvalue weighted by atomic mass is 16.5. The van der Waals surface area contributed by atoms with Crippen molar-refractivity contribution in [3.8, 4) is 0 Å². The molecule has 2 aliphatic rings. The predicted octanol–water partition coefficient (Wildman–Crippen LogP) is 0.572. The summed E-state index contributed by atoms with van der Waals surface area (Å²) in [6.07, 6.45) is 2.37. The fourth-order valence-electron chi connectivity index (χ4n) is 2.43. The summed E-state index contributed by atoms with van der Waals surface area (Å²) in [6.45, 7) is 4.77. The lowest BCUT2D eigenvalue weighted by atomic mass is 9.84. The van der Waals surface area contributed by atoms with E-state index in [-0.39, 0.29) is 6.04 Å². The van der Waals surface area contributed by atoms with E-state index in [4.69, 9.17) is 4.74 Å². The second-order valence-corrected chi connectivity index (χ2v) is 4.50. The maximum absolute atomic E-state index is 11.2. The van der Waals surface area contributed by atoms with Crippen LogP contribution >= 0.6 is 0 Å². The highest BCUT2D eigenvalue weighted by molar-refractivity contribution is 5.75. The molecule has 4 heteroatoms. The first kappa shape index (κ1) is 9.93. The molecule has 0 radical (unpaired) electrons. The highest BCUT2D eigenvalue weighted by Gasteiger charge is 2.49. The van der Waals surface area contributed by atoms with Gasteiger partial charge in [0, 0.05) is 0 Å². The summed E-state index contributed by atoms with van der Waals surface area (Å²) in [5.74, 6) is -0.730. The average molecular weight is 199 g/mol. The number of carboxylic acids is 1. The maximum atomic E-state index is 11.2. The third-order valence-electron chi connectivity index (χ3n) is 3.48. The van der Waals surface area contributed by atoms with E-state index in [0.717, 1.165) is 13.1 Å². The van der Waals surface area contributed by atoms with Gasteiger partial charge in [0.05, 0.1) is 19.3 Å². The molecule has 2 atom stereocenters. The third-order valence-corrected chi connectivity index (χ3v) is 3.48. The molecule has 0 aliphatic carbocycles. The SMILES string of the molecule is CC1(C(=O)O)COCC1N1CCCC1. The zero-order valence-electron chi connectivity index (χ0n) is 8.53. The third kappa shape index (κ3) is 1.42. The van der Waals surface area contributed by atoms with Gasteiger partial charge in [-0.2, -0.15) is 0 Å². The average Bonchev–Trinajstić information content (AvgIpc) is 2.72. The molecular formula is C10H17NO3.